The van der Waals surface area contributed by atoms with Crippen LogP contribution in [0, 0.1) is 0 Å². The highest BCUT2D eigenvalue weighted by molar-refractivity contribution is 7.10. The Morgan fingerprint density at radius 2 is 1.68 bits per heavy atom. The number of hydrogen-bond donors (Lipinski definition) is 1. The van der Waals surface area contributed by atoms with E-state index < -0.39 is 23.8 Å². The largest absolute Gasteiger partial charge is 0.478 e. The van der Waals surface area contributed by atoms with Gasteiger partial charge in [0.1, 0.15) is 12.2 Å². The van der Waals surface area contributed by atoms with Crippen molar-refractivity contribution in [3.8, 4) is 11.1 Å². The zero-order valence-corrected chi connectivity index (χ0v) is 23.9. The number of hydrogen-bond acceptors (Lipinski definition) is 6. The Balaban J connectivity index is 1.37. The predicted molar refractivity (Wildman–Crippen MR) is 153 cm³/mol. The van der Waals surface area contributed by atoms with Crippen LogP contribution in [0.15, 0.2) is 60.0 Å². The Kier molecular flexibility index (Phi) is 7.59. The number of carbonyl (C=O) groups is 3. The highest BCUT2D eigenvalue weighted by Gasteiger charge is 2.42. The number of thiophene rings is 1. The van der Waals surface area contributed by atoms with Gasteiger partial charge in [0.05, 0.1) is 24.2 Å². The number of carboxylic acid groups (broad SMARTS) is 1. The first-order chi connectivity index (χ1) is 19.0. The van der Waals surface area contributed by atoms with Crippen molar-refractivity contribution >= 4 is 29.5 Å². The van der Waals surface area contributed by atoms with Gasteiger partial charge in [-0.25, -0.2) is 14.4 Å². The standard InChI is InChI=1S/C31H34N2O6S/c1-19-27(13-14-32(19)30(37)39-31(2,3)4)33(16-21-15-20(18-40-21)28(34)35)29(36)38-17-26-24-11-7-5-9-22(24)23-10-6-8-12-25(23)26/h5-12,15,18-19,26-27H,13-14,16-17H2,1-4H3,(H,34,35)/t19-,27+/m1/s1. The molecular formula is C31H34N2O6S. The molecule has 5 rings (SSSR count). The van der Waals surface area contributed by atoms with E-state index in [2.05, 4.69) is 24.3 Å². The number of aromatic carboxylic acids is 1. The molecule has 0 saturated carbocycles. The van der Waals surface area contributed by atoms with Crippen LogP contribution < -0.4 is 0 Å². The number of carbonyl (C=O) groups excluding carboxylic acids is 2. The Morgan fingerprint density at radius 3 is 2.25 bits per heavy atom. The van der Waals surface area contributed by atoms with Gasteiger partial charge in [-0.05, 0) is 62.4 Å². The first-order valence-corrected chi connectivity index (χ1v) is 14.3. The molecule has 210 valence electrons. The SMILES string of the molecule is C[C@@H]1[C@@H](N(Cc2cc(C(=O)O)cs2)C(=O)OCC2c3ccccc3-c3ccccc32)CCN1C(=O)OC(C)(C)C. The number of fused-ring (bicyclic) bond motifs is 3. The first kappa shape index (κ1) is 27.7. The van der Waals surface area contributed by atoms with Crippen LogP contribution in [0.3, 0.4) is 0 Å². The van der Waals surface area contributed by atoms with Gasteiger partial charge >= 0.3 is 18.2 Å². The molecule has 1 N–H and O–H groups in total. The molecule has 1 fully saturated rings. The van der Waals surface area contributed by atoms with Crippen molar-refractivity contribution in [1.29, 1.82) is 0 Å². The highest BCUT2D eigenvalue weighted by Crippen LogP contribution is 2.44. The second-order valence-electron chi connectivity index (χ2n) is 11.3. The van der Waals surface area contributed by atoms with Crippen molar-refractivity contribution in [3.63, 3.8) is 0 Å². The van der Waals surface area contributed by atoms with E-state index in [9.17, 15) is 19.5 Å². The molecule has 0 spiro atoms. The van der Waals surface area contributed by atoms with Gasteiger partial charge in [-0.15, -0.1) is 11.3 Å². The molecule has 0 unspecified atom stereocenters. The normalized spacial score (nSPS) is 18.2. The number of amides is 2. The number of likely N-dealkylation sites (tertiary alicyclic amines) is 1. The van der Waals surface area contributed by atoms with Crippen molar-refractivity contribution in [1.82, 2.24) is 9.80 Å². The molecule has 3 aromatic rings. The molecule has 9 heteroatoms. The lowest BCUT2D eigenvalue weighted by atomic mass is 9.98. The summed E-state index contributed by atoms with van der Waals surface area (Å²) in [5.41, 5.74) is 4.09. The van der Waals surface area contributed by atoms with E-state index in [1.165, 1.54) is 11.3 Å². The van der Waals surface area contributed by atoms with E-state index in [4.69, 9.17) is 9.47 Å². The van der Waals surface area contributed by atoms with E-state index in [-0.39, 0.29) is 36.7 Å². The number of rotatable bonds is 6. The summed E-state index contributed by atoms with van der Waals surface area (Å²) in [4.78, 5) is 42.1. The van der Waals surface area contributed by atoms with Gasteiger partial charge in [-0.3, -0.25) is 4.90 Å². The first-order valence-electron chi connectivity index (χ1n) is 13.5. The molecule has 2 heterocycles. The minimum Gasteiger partial charge on any atom is -0.478 e. The summed E-state index contributed by atoms with van der Waals surface area (Å²) in [6.45, 7) is 8.17. The molecule has 0 radical (unpaired) electrons. The summed E-state index contributed by atoms with van der Waals surface area (Å²) in [6, 6.07) is 17.3. The molecular weight excluding hydrogens is 528 g/mol. The number of carboxylic acids is 1. The van der Waals surface area contributed by atoms with Crippen LogP contribution in [0.25, 0.3) is 11.1 Å². The third kappa shape index (κ3) is 5.56. The molecule has 1 aliphatic heterocycles. The number of nitrogens with zero attached hydrogens (tertiary/aromatic N) is 2. The predicted octanol–water partition coefficient (Wildman–Crippen LogP) is 6.60. The van der Waals surface area contributed by atoms with Crippen LogP contribution in [0.4, 0.5) is 9.59 Å². The maximum atomic E-state index is 13.8. The number of ether oxygens (including phenoxy) is 2. The van der Waals surface area contributed by atoms with E-state index in [0.717, 1.165) is 27.1 Å². The van der Waals surface area contributed by atoms with Crippen LogP contribution in [-0.4, -0.2) is 63.9 Å². The van der Waals surface area contributed by atoms with E-state index in [1.807, 2.05) is 52.0 Å². The molecule has 2 aliphatic rings. The average molecular weight is 563 g/mol. The van der Waals surface area contributed by atoms with Crippen molar-refractivity contribution in [2.24, 2.45) is 0 Å². The molecule has 2 amide bonds. The van der Waals surface area contributed by atoms with Crippen LogP contribution in [0.1, 0.15) is 66.4 Å². The van der Waals surface area contributed by atoms with Gasteiger partial charge in [0.15, 0.2) is 0 Å². The summed E-state index contributed by atoms with van der Waals surface area (Å²) >= 11 is 1.29. The summed E-state index contributed by atoms with van der Waals surface area (Å²) in [5.74, 6) is -1.10. The Bertz CT molecular complexity index is 1380. The zero-order valence-electron chi connectivity index (χ0n) is 23.1. The summed E-state index contributed by atoms with van der Waals surface area (Å²) in [7, 11) is 0. The van der Waals surface area contributed by atoms with E-state index >= 15 is 0 Å². The fourth-order valence-electron chi connectivity index (χ4n) is 5.66. The summed E-state index contributed by atoms with van der Waals surface area (Å²) in [6.07, 6.45) is -0.351. The van der Waals surface area contributed by atoms with Crippen molar-refractivity contribution in [3.05, 3.63) is 81.5 Å². The van der Waals surface area contributed by atoms with Gasteiger partial charge in [0.25, 0.3) is 0 Å². The molecule has 1 aliphatic carbocycles. The quantitative estimate of drug-likeness (QED) is 0.364. The zero-order chi connectivity index (χ0) is 28.6. The maximum absolute atomic E-state index is 13.8. The molecule has 0 bridgehead atoms. The van der Waals surface area contributed by atoms with Gasteiger partial charge in [-0.2, -0.15) is 0 Å². The molecule has 1 saturated heterocycles. The minimum absolute atomic E-state index is 0.0854. The van der Waals surface area contributed by atoms with Gasteiger partial charge in [0, 0.05) is 22.7 Å². The molecule has 2 atom stereocenters. The van der Waals surface area contributed by atoms with Crippen LogP contribution in [-0.2, 0) is 16.0 Å². The van der Waals surface area contributed by atoms with Gasteiger partial charge in [-0.1, -0.05) is 48.5 Å². The topological polar surface area (TPSA) is 96.4 Å². The summed E-state index contributed by atoms with van der Waals surface area (Å²) in [5, 5.41) is 11.0. The van der Waals surface area contributed by atoms with Crippen LogP contribution in [0.5, 0.6) is 0 Å². The van der Waals surface area contributed by atoms with Crippen molar-refractivity contribution in [2.45, 2.75) is 64.3 Å². The van der Waals surface area contributed by atoms with Crippen molar-refractivity contribution < 1.29 is 29.0 Å². The third-order valence-electron chi connectivity index (χ3n) is 7.54. The second-order valence-corrected chi connectivity index (χ2v) is 12.3. The smallest absolute Gasteiger partial charge is 0.410 e. The van der Waals surface area contributed by atoms with Crippen LogP contribution in [0.2, 0.25) is 0 Å². The fourth-order valence-corrected chi connectivity index (χ4v) is 6.51. The van der Waals surface area contributed by atoms with Crippen molar-refractivity contribution in [2.75, 3.05) is 13.2 Å². The Hall–Kier alpha value is -3.85. The van der Waals surface area contributed by atoms with Gasteiger partial charge < -0.3 is 19.5 Å². The second kappa shape index (κ2) is 11.0. The minimum atomic E-state index is -1.01. The lowest BCUT2D eigenvalue weighted by molar-refractivity contribution is 0.0188. The van der Waals surface area contributed by atoms with E-state index in [0.29, 0.717) is 13.0 Å². The monoisotopic (exact) mass is 562 g/mol. The molecule has 8 nitrogen and oxygen atoms in total. The third-order valence-corrected chi connectivity index (χ3v) is 8.46. The number of benzene rings is 2. The maximum Gasteiger partial charge on any atom is 0.410 e. The molecule has 1 aromatic heterocycles. The lowest BCUT2D eigenvalue weighted by Gasteiger charge is -2.33. The van der Waals surface area contributed by atoms with Crippen LogP contribution >= 0.6 is 11.3 Å². The Morgan fingerprint density at radius 1 is 1.05 bits per heavy atom. The Labute approximate surface area is 238 Å². The highest BCUT2D eigenvalue weighted by atomic mass is 32.1. The molecule has 2 aromatic carbocycles. The van der Waals surface area contributed by atoms with E-state index in [1.54, 1.807) is 21.2 Å². The van der Waals surface area contributed by atoms with Gasteiger partial charge in [0.2, 0.25) is 0 Å². The fraction of sp³-hybridized carbons (Fsp3) is 0.387. The lowest BCUT2D eigenvalue weighted by Crippen LogP contribution is -2.48. The molecule has 40 heavy (non-hydrogen) atoms. The summed E-state index contributed by atoms with van der Waals surface area (Å²) < 4.78 is 11.6. The average Bonchev–Trinajstić information content (AvgIpc) is 3.61.